The topological polar surface area (TPSA) is 59.6 Å². The zero-order valence-corrected chi connectivity index (χ0v) is 15.6. The van der Waals surface area contributed by atoms with Crippen LogP contribution in [0.25, 0.3) is 0 Å². The third-order valence-electron chi connectivity index (χ3n) is 4.05. The number of hydrogen-bond donors (Lipinski definition) is 2. The highest BCUT2D eigenvalue weighted by Gasteiger charge is 2.17. The number of hydrogen-bond acceptors (Lipinski definition) is 4. The van der Waals surface area contributed by atoms with Gasteiger partial charge in [0, 0.05) is 11.6 Å². The molecular formula is C18H29ClN2O3. The van der Waals surface area contributed by atoms with E-state index in [0.29, 0.717) is 29.6 Å². The number of carbonyl (C=O) groups is 1. The maximum absolute atomic E-state index is 12.4. The Labute approximate surface area is 150 Å². The average molecular weight is 357 g/mol. The van der Waals surface area contributed by atoms with Gasteiger partial charge in [0.25, 0.3) is 5.91 Å². The van der Waals surface area contributed by atoms with Gasteiger partial charge >= 0.3 is 0 Å². The highest BCUT2D eigenvalue weighted by atomic mass is 35.5. The normalized spacial score (nSPS) is 14.8. The first-order valence-corrected chi connectivity index (χ1v) is 8.42. The number of ether oxygens (including phenoxy) is 2. The summed E-state index contributed by atoms with van der Waals surface area (Å²) >= 11 is 0. The molecule has 1 aliphatic rings. The van der Waals surface area contributed by atoms with E-state index in [9.17, 15) is 4.79 Å². The second-order valence-electron chi connectivity index (χ2n) is 6.39. The number of piperidine rings is 1. The van der Waals surface area contributed by atoms with Crippen LogP contribution < -0.4 is 20.1 Å². The van der Waals surface area contributed by atoms with E-state index in [1.54, 1.807) is 19.2 Å². The smallest absolute Gasteiger partial charge is 0.251 e. The molecule has 0 bridgehead atoms. The van der Waals surface area contributed by atoms with Gasteiger partial charge in [0.05, 0.1) is 13.7 Å². The molecule has 1 amide bonds. The maximum Gasteiger partial charge on any atom is 0.251 e. The van der Waals surface area contributed by atoms with Crippen LogP contribution in [0.2, 0.25) is 0 Å². The van der Waals surface area contributed by atoms with Crippen LogP contribution in [0, 0.1) is 5.92 Å². The number of methoxy groups -OCH3 is 1. The monoisotopic (exact) mass is 356 g/mol. The van der Waals surface area contributed by atoms with Gasteiger partial charge in [-0.05, 0) is 56.5 Å². The van der Waals surface area contributed by atoms with E-state index < -0.39 is 0 Å². The SMILES string of the molecule is COc1cc(C(=O)NC2CCNCC2)ccc1OCCC(C)C.Cl. The van der Waals surface area contributed by atoms with Crippen LogP contribution in [0.3, 0.4) is 0 Å². The predicted molar refractivity (Wildman–Crippen MR) is 98.5 cm³/mol. The van der Waals surface area contributed by atoms with E-state index in [2.05, 4.69) is 24.5 Å². The predicted octanol–water partition coefficient (Wildman–Crippen LogP) is 3.02. The van der Waals surface area contributed by atoms with Gasteiger partial charge in [-0.2, -0.15) is 0 Å². The summed E-state index contributed by atoms with van der Waals surface area (Å²) in [6.45, 7) is 6.88. The molecule has 5 nitrogen and oxygen atoms in total. The number of benzene rings is 1. The Balaban J connectivity index is 0.00000288. The first-order chi connectivity index (χ1) is 11.1. The largest absolute Gasteiger partial charge is 0.493 e. The first-order valence-electron chi connectivity index (χ1n) is 8.42. The summed E-state index contributed by atoms with van der Waals surface area (Å²) in [5.74, 6) is 1.83. The second kappa shape index (κ2) is 10.4. The summed E-state index contributed by atoms with van der Waals surface area (Å²) in [5, 5.41) is 6.38. The van der Waals surface area contributed by atoms with Crippen molar-refractivity contribution in [1.82, 2.24) is 10.6 Å². The number of amides is 1. The van der Waals surface area contributed by atoms with Crippen molar-refractivity contribution in [2.24, 2.45) is 5.92 Å². The fourth-order valence-electron chi connectivity index (χ4n) is 2.57. The Morgan fingerprint density at radius 3 is 2.62 bits per heavy atom. The van der Waals surface area contributed by atoms with Crippen LogP contribution in [0.1, 0.15) is 43.5 Å². The molecule has 0 spiro atoms. The zero-order valence-electron chi connectivity index (χ0n) is 14.8. The van der Waals surface area contributed by atoms with Gasteiger partial charge in [0.1, 0.15) is 0 Å². The minimum Gasteiger partial charge on any atom is -0.493 e. The molecule has 1 heterocycles. The van der Waals surface area contributed by atoms with Gasteiger partial charge in [-0.1, -0.05) is 13.8 Å². The van der Waals surface area contributed by atoms with Crippen LogP contribution in [-0.4, -0.2) is 38.8 Å². The molecule has 1 aromatic carbocycles. The lowest BCUT2D eigenvalue weighted by atomic mass is 10.1. The summed E-state index contributed by atoms with van der Waals surface area (Å²) in [4.78, 5) is 12.4. The van der Waals surface area contributed by atoms with Gasteiger partial charge in [-0.15, -0.1) is 12.4 Å². The van der Waals surface area contributed by atoms with E-state index in [-0.39, 0.29) is 24.4 Å². The van der Waals surface area contributed by atoms with Crippen LogP contribution in [-0.2, 0) is 0 Å². The molecule has 0 radical (unpaired) electrons. The molecule has 0 aromatic heterocycles. The molecule has 1 saturated heterocycles. The molecule has 0 atom stereocenters. The minimum absolute atomic E-state index is 0. The summed E-state index contributed by atoms with van der Waals surface area (Å²) in [5.41, 5.74) is 0.608. The van der Waals surface area contributed by atoms with Crippen LogP contribution in [0.5, 0.6) is 11.5 Å². The van der Waals surface area contributed by atoms with Crippen molar-refractivity contribution < 1.29 is 14.3 Å². The molecule has 6 heteroatoms. The molecule has 1 aromatic rings. The summed E-state index contributed by atoms with van der Waals surface area (Å²) in [6, 6.07) is 5.61. The molecule has 1 aliphatic heterocycles. The highest BCUT2D eigenvalue weighted by molar-refractivity contribution is 5.95. The lowest BCUT2D eigenvalue weighted by Crippen LogP contribution is -2.42. The van der Waals surface area contributed by atoms with Gasteiger partial charge in [0.2, 0.25) is 0 Å². The van der Waals surface area contributed by atoms with Crippen molar-refractivity contribution in [2.75, 3.05) is 26.8 Å². The van der Waals surface area contributed by atoms with Crippen LogP contribution >= 0.6 is 12.4 Å². The standard InChI is InChI=1S/C18H28N2O3.ClH/c1-13(2)8-11-23-16-5-4-14(12-17(16)22-3)18(21)20-15-6-9-19-10-7-15;/h4-5,12-13,15,19H,6-11H2,1-3H3,(H,20,21);1H. The zero-order chi connectivity index (χ0) is 16.7. The number of rotatable bonds is 7. The Kier molecular flexibility index (Phi) is 8.93. The molecule has 24 heavy (non-hydrogen) atoms. The van der Waals surface area contributed by atoms with Gasteiger partial charge in [0.15, 0.2) is 11.5 Å². The molecular weight excluding hydrogens is 328 g/mol. The molecule has 0 unspecified atom stereocenters. The van der Waals surface area contributed by atoms with Crippen molar-refractivity contribution in [3.8, 4) is 11.5 Å². The average Bonchev–Trinajstić information content (AvgIpc) is 2.55. The molecule has 2 rings (SSSR count). The van der Waals surface area contributed by atoms with Gasteiger partial charge in [-0.25, -0.2) is 0 Å². The van der Waals surface area contributed by atoms with Crippen molar-refractivity contribution in [3.63, 3.8) is 0 Å². The Morgan fingerprint density at radius 1 is 1.29 bits per heavy atom. The quantitative estimate of drug-likeness (QED) is 0.788. The maximum atomic E-state index is 12.4. The van der Waals surface area contributed by atoms with Crippen molar-refractivity contribution >= 4 is 18.3 Å². The number of halogens is 1. The van der Waals surface area contributed by atoms with Gasteiger partial charge < -0.3 is 20.1 Å². The molecule has 0 saturated carbocycles. The fraction of sp³-hybridized carbons (Fsp3) is 0.611. The number of nitrogens with one attached hydrogen (secondary N) is 2. The molecule has 2 N–H and O–H groups in total. The summed E-state index contributed by atoms with van der Waals surface area (Å²) < 4.78 is 11.1. The Bertz CT molecular complexity index is 517. The fourth-order valence-corrected chi connectivity index (χ4v) is 2.57. The van der Waals surface area contributed by atoms with Crippen molar-refractivity contribution in [1.29, 1.82) is 0 Å². The Morgan fingerprint density at radius 2 is 2.00 bits per heavy atom. The minimum atomic E-state index is -0.0519. The molecule has 0 aliphatic carbocycles. The van der Waals surface area contributed by atoms with Gasteiger partial charge in [-0.3, -0.25) is 4.79 Å². The highest BCUT2D eigenvalue weighted by Crippen LogP contribution is 2.28. The van der Waals surface area contributed by atoms with E-state index in [1.165, 1.54) is 0 Å². The summed E-state index contributed by atoms with van der Waals surface area (Å²) in [6.07, 6.45) is 2.93. The van der Waals surface area contributed by atoms with E-state index in [0.717, 1.165) is 32.4 Å². The Hall–Kier alpha value is -1.46. The van der Waals surface area contributed by atoms with Crippen LogP contribution in [0.4, 0.5) is 0 Å². The van der Waals surface area contributed by atoms with E-state index in [1.807, 2.05) is 6.07 Å². The van der Waals surface area contributed by atoms with E-state index in [4.69, 9.17) is 9.47 Å². The van der Waals surface area contributed by atoms with E-state index >= 15 is 0 Å². The second-order valence-corrected chi connectivity index (χ2v) is 6.39. The first kappa shape index (κ1) is 20.6. The lowest BCUT2D eigenvalue weighted by Gasteiger charge is -2.23. The molecule has 136 valence electrons. The van der Waals surface area contributed by atoms with Crippen LogP contribution in [0.15, 0.2) is 18.2 Å². The third-order valence-corrected chi connectivity index (χ3v) is 4.05. The number of carbonyl (C=O) groups excluding carboxylic acids is 1. The lowest BCUT2D eigenvalue weighted by molar-refractivity contribution is 0.0929. The third kappa shape index (κ3) is 6.21. The summed E-state index contributed by atoms with van der Waals surface area (Å²) in [7, 11) is 1.60. The van der Waals surface area contributed by atoms with Crippen molar-refractivity contribution in [2.45, 2.75) is 39.2 Å². The van der Waals surface area contributed by atoms with Crippen molar-refractivity contribution in [3.05, 3.63) is 23.8 Å². The molecule has 1 fully saturated rings.